The lowest BCUT2D eigenvalue weighted by atomic mass is 9.98. The first-order chi connectivity index (χ1) is 8.99. The Morgan fingerprint density at radius 2 is 1.95 bits per heavy atom. The van der Waals surface area contributed by atoms with Crippen LogP contribution in [0.5, 0.6) is 0 Å². The Labute approximate surface area is 119 Å². The molecule has 0 aliphatic carbocycles. The van der Waals surface area contributed by atoms with Crippen molar-refractivity contribution in [1.82, 2.24) is 0 Å². The molecule has 19 heavy (non-hydrogen) atoms. The molecule has 0 fully saturated rings. The van der Waals surface area contributed by atoms with Crippen molar-refractivity contribution in [1.29, 1.82) is 0 Å². The fourth-order valence-corrected chi connectivity index (χ4v) is 2.50. The first kappa shape index (κ1) is 14.2. The number of hydrogen-bond donors (Lipinski definition) is 1. The predicted molar refractivity (Wildman–Crippen MR) is 75.9 cm³/mol. The number of nitrogens with two attached hydrogens (primary N) is 1. The van der Waals surface area contributed by atoms with E-state index in [1.54, 1.807) is 31.2 Å². The van der Waals surface area contributed by atoms with E-state index < -0.39 is 6.04 Å². The van der Waals surface area contributed by atoms with Crippen molar-refractivity contribution in [2.24, 2.45) is 5.73 Å². The standard InChI is InChI=1S/C15H14BrF2N/c1-9-3-2-4-12(15(9)18)14(19)7-10-5-6-11(17)8-13(10)16/h2-6,8,14H,7,19H2,1H3. The molecule has 0 bridgehead atoms. The minimum Gasteiger partial charge on any atom is -0.324 e. The van der Waals surface area contributed by atoms with E-state index in [1.807, 2.05) is 0 Å². The topological polar surface area (TPSA) is 26.0 Å². The van der Waals surface area contributed by atoms with Crippen molar-refractivity contribution < 1.29 is 8.78 Å². The average molecular weight is 326 g/mol. The molecular formula is C15H14BrF2N. The van der Waals surface area contributed by atoms with Crippen LogP contribution >= 0.6 is 15.9 Å². The maximum Gasteiger partial charge on any atom is 0.130 e. The summed E-state index contributed by atoms with van der Waals surface area (Å²) in [7, 11) is 0. The molecule has 100 valence electrons. The molecule has 0 saturated carbocycles. The summed E-state index contributed by atoms with van der Waals surface area (Å²) in [4.78, 5) is 0. The second-order valence-electron chi connectivity index (χ2n) is 4.52. The highest BCUT2D eigenvalue weighted by molar-refractivity contribution is 9.10. The van der Waals surface area contributed by atoms with Gasteiger partial charge in [0.15, 0.2) is 0 Å². The summed E-state index contributed by atoms with van der Waals surface area (Å²) in [5, 5.41) is 0. The van der Waals surface area contributed by atoms with Gasteiger partial charge in [0.25, 0.3) is 0 Å². The lowest BCUT2D eigenvalue weighted by molar-refractivity contribution is 0.572. The molecular weight excluding hydrogens is 312 g/mol. The summed E-state index contributed by atoms with van der Waals surface area (Å²) < 4.78 is 27.6. The summed E-state index contributed by atoms with van der Waals surface area (Å²) >= 11 is 3.29. The molecule has 0 radical (unpaired) electrons. The van der Waals surface area contributed by atoms with Gasteiger partial charge < -0.3 is 5.73 Å². The van der Waals surface area contributed by atoms with Gasteiger partial charge in [0.2, 0.25) is 0 Å². The van der Waals surface area contributed by atoms with Gasteiger partial charge in [-0.15, -0.1) is 0 Å². The van der Waals surface area contributed by atoms with E-state index in [0.29, 0.717) is 22.0 Å². The van der Waals surface area contributed by atoms with E-state index in [-0.39, 0.29) is 11.6 Å². The minimum atomic E-state index is -0.457. The predicted octanol–water partition coefficient (Wildman–Crippen LogP) is 4.28. The highest BCUT2D eigenvalue weighted by Crippen LogP contribution is 2.25. The van der Waals surface area contributed by atoms with Crippen LogP contribution in [-0.4, -0.2) is 0 Å². The van der Waals surface area contributed by atoms with Crippen molar-refractivity contribution in [3.05, 3.63) is 69.2 Å². The zero-order valence-corrected chi connectivity index (χ0v) is 12.0. The number of benzene rings is 2. The largest absolute Gasteiger partial charge is 0.324 e. The van der Waals surface area contributed by atoms with Gasteiger partial charge in [0.1, 0.15) is 11.6 Å². The molecule has 0 aliphatic heterocycles. The third-order valence-corrected chi connectivity index (χ3v) is 3.81. The third-order valence-electron chi connectivity index (χ3n) is 3.08. The molecule has 2 rings (SSSR count). The van der Waals surface area contributed by atoms with E-state index in [1.165, 1.54) is 12.1 Å². The summed E-state index contributed by atoms with van der Waals surface area (Å²) in [5.74, 6) is -0.584. The van der Waals surface area contributed by atoms with Gasteiger partial charge in [-0.1, -0.05) is 40.2 Å². The molecule has 0 amide bonds. The summed E-state index contributed by atoms with van der Waals surface area (Å²) in [6.45, 7) is 1.71. The number of aryl methyl sites for hydroxylation is 1. The van der Waals surface area contributed by atoms with Crippen LogP contribution in [-0.2, 0) is 6.42 Å². The molecule has 4 heteroatoms. The van der Waals surface area contributed by atoms with Crippen LogP contribution in [0.4, 0.5) is 8.78 Å². The quantitative estimate of drug-likeness (QED) is 0.895. The molecule has 0 aromatic heterocycles. The second-order valence-corrected chi connectivity index (χ2v) is 5.38. The Bertz CT molecular complexity index is 599. The number of halogens is 3. The third kappa shape index (κ3) is 3.19. The highest BCUT2D eigenvalue weighted by atomic mass is 79.9. The van der Waals surface area contributed by atoms with E-state index in [9.17, 15) is 8.78 Å². The Morgan fingerprint density at radius 1 is 1.21 bits per heavy atom. The second kappa shape index (κ2) is 5.80. The van der Waals surface area contributed by atoms with Gasteiger partial charge in [-0.25, -0.2) is 8.78 Å². The van der Waals surface area contributed by atoms with Crippen molar-refractivity contribution >= 4 is 15.9 Å². The molecule has 1 atom stereocenters. The lowest BCUT2D eigenvalue weighted by Crippen LogP contribution is -2.15. The molecule has 0 saturated heterocycles. The van der Waals surface area contributed by atoms with E-state index >= 15 is 0 Å². The SMILES string of the molecule is Cc1cccc(C(N)Cc2ccc(F)cc2Br)c1F. The van der Waals surface area contributed by atoms with Crippen molar-refractivity contribution in [3.8, 4) is 0 Å². The highest BCUT2D eigenvalue weighted by Gasteiger charge is 2.14. The monoisotopic (exact) mass is 325 g/mol. The van der Waals surface area contributed by atoms with Gasteiger partial charge in [-0.2, -0.15) is 0 Å². The van der Waals surface area contributed by atoms with E-state index in [4.69, 9.17) is 5.73 Å². The van der Waals surface area contributed by atoms with Crippen molar-refractivity contribution in [3.63, 3.8) is 0 Å². The normalized spacial score (nSPS) is 12.5. The van der Waals surface area contributed by atoms with Gasteiger partial charge in [0.05, 0.1) is 0 Å². The van der Waals surface area contributed by atoms with Crippen molar-refractivity contribution in [2.45, 2.75) is 19.4 Å². The Hall–Kier alpha value is -1.26. The Kier molecular flexibility index (Phi) is 4.32. The van der Waals surface area contributed by atoms with Crippen LogP contribution in [0.15, 0.2) is 40.9 Å². The average Bonchev–Trinajstić information content (AvgIpc) is 2.36. The number of hydrogen-bond acceptors (Lipinski definition) is 1. The molecule has 0 spiro atoms. The zero-order valence-electron chi connectivity index (χ0n) is 10.5. The maximum atomic E-state index is 14.0. The molecule has 0 aliphatic rings. The molecule has 1 unspecified atom stereocenters. The molecule has 1 nitrogen and oxygen atoms in total. The number of rotatable bonds is 3. The first-order valence-electron chi connectivity index (χ1n) is 5.93. The molecule has 2 N–H and O–H groups in total. The molecule has 0 heterocycles. The van der Waals surface area contributed by atoms with Gasteiger partial charge in [0, 0.05) is 16.1 Å². The van der Waals surface area contributed by atoms with E-state index in [2.05, 4.69) is 15.9 Å². The molecule has 2 aromatic rings. The van der Waals surface area contributed by atoms with E-state index in [0.717, 1.165) is 5.56 Å². The van der Waals surface area contributed by atoms with Crippen LogP contribution in [0, 0.1) is 18.6 Å². The van der Waals surface area contributed by atoms with Gasteiger partial charge in [-0.3, -0.25) is 0 Å². The van der Waals surface area contributed by atoms with Gasteiger partial charge >= 0.3 is 0 Å². The lowest BCUT2D eigenvalue weighted by Gasteiger charge is -2.15. The summed E-state index contributed by atoms with van der Waals surface area (Å²) in [5.41, 5.74) is 7.96. The van der Waals surface area contributed by atoms with Crippen LogP contribution in [0.3, 0.4) is 0 Å². The maximum absolute atomic E-state index is 14.0. The van der Waals surface area contributed by atoms with Gasteiger partial charge in [-0.05, 0) is 36.6 Å². The fraction of sp³-hybridized carbons (Fsp3) is 0.200. The van der Waals surface area contributed by atoms with Crippen LogP contribution < -0.4 is 5.73 Å². The minimum absolute atomic E-state index is 0.270. The summed E-state index contributed by atoms with van der Waals surface area (Å²) in [6.07, 6.45) is 0.446. The van der Waals surface area contributed by atoms with Crippen LogP contribution in [0.2, 0.25) is 0 Å². The Balaban J connectivity index is 2.25. The first-order valence-corrected chi connectivity index (χ1v) is 6.73. The van der Waals surface area contributed by atoms with Crippen LogP contribution in [0.25, 0.3) is 0 Å². The fourth-order valence-electron chi connectivity index (χ4n) is 1.99. The molecule has 2 aromatic carbocycles. The zero-order chi connectivity index (χ0) is 14.0. The van der Waals surface area contributed by atoms with Crippen molar-refractivity contribution in [2.75, 3.05) is 0 Å². The smallest absolute Gasteiger partial charge is 0.130 e. The summed E-state index contributed by atoms with van der Waals surface area (Å²) in [6, 6.07) is 9.14. The Morgan fingerprint density at radius 3 is 2.63 bits per heavy atom. The van der Waals surface area contributed by atoms with Crippen LogP contribution in [0.1, 0.15) is 22.7 Å².